The zero-order valence-electron chi connectivity index (χ0n) is 10.2. The van der Waals surface area contributed by atoms with Gasteiger partial charge in [0.2, 0.25) is 0 Å². The lowest BCUT2D eigenvalue weighted by Gasteiger charge is -2.10. The maximum atomic E-state index is 13.6. The fourth-order valence-corrected chi connectivity index (χ4v) is 1.75. The Morgan fingerprint density at radius 2 is 1.67 bits per heavy atom. The second-order valence-electron chi connectivity index (χ2n) is 4.05. The second-order valence-corrected chi connectivity index (χ2v) is 4.46. The third-order valence-electron chi connectivity index (χ3n) is 2.58. The molecule has 0 atom stereocenters. The van der Waals surface area contributed by atoms with Gasteiger partial charge in [-0.05, 0) is 18.2 Å². The lowest BCUT2D eigenvalue weighted by atomic mass is 10.1. The van der Waals surface area contributed by atoms with Crippen molar-refractivity contribution in [2.24, 2.45) is 0 Å². The second kappa shape index (κ2) is 5.61. The van der Waals surface area contributed by atoms with Crippen LogP contribution < -0.4 is 11.1 Å². The molecule has 3 N–H and O–H groups in total. The summed E-state index contributed by atoms with van der Waals surface area (Å²) < 4.78 is 53.2. The molecule has 0 unspecified atom stereocenters. The first kappa shape index (κ1) is 15.1. The molecule has 0 radical (unpaired) electrons. The molecule has 110 valence electrons. The monoisotopic (exact) mass is 318 g/mol. The summed E-state index contributed by atoms with van der Waals surface area (Å²) in [5, 5.41) is 1.45. The Hall–Kier alpha value is -2.28. The normalized spacial score (nSPS) is 10.5. The highest BCUT2D eigenvalue weighted by atomic mass is 35.5. The topological polar surface area (TPSA) is 55.1 Å². The van der Waals surface area contributed by atoms with Gasteiger partial charge in [0.1, 0.15) is 23.1 Å². The van der Waals surface area contributed by atoms with Crippen molar-refractivity contribution in [3.05, 3.63) is 58.1 Å². The van der Waals surface area contributed by atoms with Crippen molar-refractivity contribution < 1.29 is 22.4 Å². The molecule has 0 aromatic heterocycles. The number of hydrogen-bond donors (Lipinski definition) is 2. The van der Waals surface area contributed by atoms with Crippen molar-refractivity contribution in [2.75, 3.05) is 11.1 Å². The van der Waals surface area contributed by atoms with Crippen LogP contribution >= 0.6 is 11.6 Å². The number of carbonyl (C=O) groups is 1. The Morgan fingerprint density at radius 1 is 1.00 bits per heavy atom. The van der Waals surface area contributed by atoms with E-state index in [-0.39, 0.29) is 0 Å². The molecule has 0 saturated carbocycles. The van der Waals surface area contributed by atoms with Crippen LogP contribution in [0.4, 0.5) is 28.9 Å². The van der Waals surface area contributed by atoms with Crippen LogP contribution in [0.15, 0.2) is 24.3 Å². The van der Waals surface area contributed by atoms with Gasteiger partial charge in [0.25, 0.3) is 5.91 Å². The third-order valence-corrected chi connectivity index (χ3v) is 2.87. The van der Waals surface area contributed by atoms with Crippen molar-refractivity contribution >= 4 is 28.9 Å². The molecule has 0 aliphatic rings. The summed E-state index contributed by atoms with van der Waals surface area (Å²) in [7, 11) is 0. The Kier molecular flexibility index (Phi) is 4.04. The van der Waals surface area contributed by atoms with Crippen LogP contribution in [0.1, 0.15) is 10.4 Å². The largest absolute Gasteiger partial charge is 0.397 e. The van der Waals surface area contributed by atoms with E-state index >= 15 is 0 Å². The van der Waals surface area contributed by atoms with E-state index in [4.69, 9.17) is 17.3 Å². The van der Waals surface area contributed by atoms with E-state index in [1.807, 2.05) is 5.32 Å². The number of anilines is 2. The van der Waals surface area contributed by atoms with Gasteiger partial charge in [-0.15, -0.1) is 0 Å². The first-order valence-corrected chi connectivity index (χ1v) is 5.88. The van der Waals surface area contributed by atoms with Crippen molar-refractivity contribution in [2.45, 2.75) is 0 Å². The van der Waals surface area contributed by atoms with E-state index in [9.17, 15) is 22.4 Å². The maximum absolute atomic E-state index is 13.6. The first-order chi connectivity index (χ1) is 9.79. The molecule has 0 spiro atoms. The molecule has 2 aromatic rings. The zero-order chi connectivity index (χ0) is 15.7. The van der Waals surface area contributed by atoms with Crippen LogP contribution in [0, 0.1) is 23.3 Å². The Bertz CT molecular complexity index is 713. The highest BCUT2D eigenvalue weighted by Gasteiger charge is 2.18. The molecule has 3 nitrogen and oxygen atoms in total. The summed E-state index contributed by atoms with van der Waals surface area (Å²) in [6.07, 6.45) is 0. The van der Waals surface area contributed by atoms with Gasteiger partial charge in [0.15, 0.2) is 5.82 Å². The van der Waals surface area contributed by atoms with Crippen LogP contribution in [0.5, 0.6) is 0 Å². The van der Waals surface area contributed by atoms with Crippen LogP contribution in [0.2, 0.25) is 5.02 Å². The predicted octanol–water partition coefficient (Wildman–Crippen LogP) is 3.73. The molecule has 0 aliphatic carbocycles. The molecule has 0 saturated heterocycles. The molecule has 0 fully saturated rings. The van der Waals surface area contributed by atoms with Gasteiger partial charge in [-0.3, -0.25) is 4.79 Å². The fraction of sp³-hybridized carbons (Fsp3) is 0. The number of amides is 1. The molecule has 0 heterocycles. The summed E-state index contributed by atoms with van der Waals surface area (Å²) >= 11 is 5.35. The number of nitrogens with two attached hydrogens (primary N) is 1. The van der Waals surface area contributed by atoms with Crippen molar-refractivity contribution in [3.8, 4) is 0 Å². The zero-order valence-corrected chi connectivity index (χ0v) is 10.9. The highest BCUT2D eigenvalue weighted by Crippen LogP contribution is 2.26. The maximum Gasteiger partial charge on any atom is 0.258 e. The number of rotatable bonds is 2. The summed E-state index contributed by atoms with van der Waals surface area (Å²) in [6, 6.07) is 2.43. The molecule has 0 bridgehead atoms. The van der Waals surface area contributed by atoms with Gasteiger partial charge < -0.3 is 11.1 Å². The SMILES string of the molecule is Nc1cc(F)cc(F)c1NC(=O)c1cc(F)c(Cl)cc1F. The predicted molar refractivity (Wildman–Crippen MR) is 70.1 cm³/mol. The van der Waals surface area contributed by atoms with Crippen LogP contribution in [0.25, 0.3) is 0 Å². The van der Waals surface area contributed by atoms with E-state index in [0.717, 1.165) is 6.07 Å². The van der Waals surface area contributed by atoms with Gasteiger partial charge in [0, 0.05) is 6.07 Å². The number of nitrogens with one attached hydrogen (secondary N) is 1. The molecular weight excluding hydrogens is 312 g/mol. The number of carbonyl (C=O) groups excluding carboxylic acids is 1. The number of halogens is 5. The minimum absolute atomic E-state index is 0.393. The van der Waals surface area contributed by atoms with Gasteiger partial charge in [-0.2, -0.15) is 0 Å². The smallest absolute Gasteiger partial charge is 0.258 e. The molecule has 0 aliphatic heterocycles. The van der Waals surface area contributed by atoms with Crippen LogP contribution in [-0.2, 0) is 0 Å². The summed E-state index contributed by atoms with van der Waals surface area (Å²) in [5.74, 6) is -5.35. The Balaban J connectivity index is 2.37. The Morgan fingerprint density at radius 3 is 2.29 bits per heavy atom. The van der Waals surface area contributed by atoms with E-state index < -0.39 is 51.1 Å². The van der Waals surface area contributed by atoms with Crippen molar-refractivity contribution in [1.82, 2.24) is 0 Å². The molecule has 21 heavy (non-hydrogen) atoms. The van der Waals surface area contributed by atoms with Gasteiger partial charge in [0.05, 0.1) is 16.3 Å². The first-order valence-electron chi connectivity index (χ1n) is 5.50. The van der Waals surface area contributed by atoms with E-state index in [1.165, 1.54) is 0 Å². The molecule has 8 heteroatoms. The summed E-state index contributed by atoms with van der Waals surface area (Å²) in [5.41, 5.74) is 3.74. The van der Waals surface area contributed by atoms with Crippen LogP contribution in [-0.4, -0.2) is 5.91 Å². The van der Waals surface area contributed by atoms with E-state index in [0.29, 0.717) is 18.2 Å². The summed E-state index contributed by atoms with van der Waals surface area (Å²) in [6.45, 7) is 0. The lowest BCUT2D eigenvalue weighted by molar-refractivity contribution is 0.102. The standard InChI is InChI=1S/C13H7ClF4N2O/c14-7-4-8(16)6(3-9(7)17)13(21)20-12-10(18)1-5(15)2-11(12)19/h1-4H,19H2,(H,20,21). The quantitative estimate of drug-likeness (QED) is 0.503. The van der Waals surface area contributed by atoms with Gasteiger partial charge in [-0.25, -0.2) is 17.6 Å². The van der Waals surface area contributed by atoms with E-state index in [2.05, 4.69) is 0 Å². The minimum atomic E-state index is -1.15. The number of nitrogen functional groups attached to an aromatic ring is 1. The summed E-state index contributed by atoms with van der Waals surface area (Å²) in [4.78, 5) is 11.8. The minimum Gasteiger partial charge on any atom is -0.397 e. The third kappa shape index (κ3) is 3.08. The van der Waals surface area contributed by atoms with Gasteiger partial charge in [-0.1, -0.05) is 11.6 Å². The average molecular weight is 319 g/mol. The van der Waals surface area contributed by atoms with Crippen LogP contribution in [0.3, 0.4) is 0 Å². The van der Waals surface area contributed by atoms with Crippen molar-refractivity contribution in [1.29, 1.82) is 0 Å². The number of benzene rings is 2. The lowest BCUT2D eigenvalue weighted by Crippen LogP contribution is -2.16. The van der Waals surface area contributed by atoms with Crippen molar-refractivity contribution in [3.63, 3.8) is 0 Å². The Labute approximate surface area is 121 Å². The number of hydrogen-bond acceptors (Lipinski definition) is 2. The average Bonchev–Trinajstić information content (AvgIpc) is 2.37. The molecule has 2 rings (SSSR count). The highest BCUT2D eigenvalue weighted by molar-refractivity contribution is 6.30. The van der Waals surface area contributed by atoms with Gasteiger partial charge >= 0.3 is 0 Å². The van der Waals surface area contributed by atoms with E-state index in [1.54, 1.807) is 0 Å². The fourth-order valence-electron chi connectivity index (χ4n) is 1.60. The molecular formula is C13H7ClF4N2O. The molecule has 1 amide bonds. The molecule has 2 aromatic carbocycles.